The minimum absolute atomic E-state index is 0.118. The van der Waals surface area contributed by atoms with Gasteiger partial charge in [-0.05, 0) is 12.8 Å². The number of unbranched alkanes of at least 4 members (excludes halogenated alkanes) is 33. The number of rotatable bonds is 44. The number of alkyl halides is 2. The monoisotopic (exact) mass is 878 g/mol. The Morgan fingerprint density at radius 3 is 1.26 bits per heavy atom. The van der Waals surface area contributed by atoms with Gasteiger partial charge >= 0.3 is 0 Å². The van der Waals surface area contributed by atoms with Gasteiger partial charge in [0, 0.05) is 12.8 Å². The van der Waals surface area contributed by atoms with Crippen LogP contribution in [0, 0.1) is 0 Å². The summed E-state index contributed by atoms with van der Waals surface area (Å²) in [5.74, 6) is -3.99. The topological polar surface area (TPSA) is 149 Å². The van der Waals surface area contributed by atoms with Crippen LogP contribution in [0.5, 0.6) is 0 Å². The fraction of sp³-hybridized carbons (Fsp3) is 0.980. The fourth-order valence-electron chi connectivity index (χ4n) is 8.61. The van der Waals surface area contributed by atoms with Crippen molar-refractivity contribution in [2.24, 2.45) is 0 Å². The molecule has 11 heteroatoms. The molecule has 1 heterocycles. The average Bonchev–Trinajstić information content (AvgIpc) is 3.25. The quantitative estimate of drug-likeness (QED) is 0.0331. The van der Waals surface area contributed by atoms with E-state index in [1.54, 1.807) is 0 Å². The van der Waals surface area contributed by atoms with Crippen molar-refractivity contribution in [2.75, 3.05) is 13.2 Å². The maximum Gasteiger partial charge on any atom is 0.275 e. The van der Waals surface area contributed by atoms with Crippen LogP contribution in [-0.2, 0) is 14.3 Å². The molecule has 0 aliphatic carbocycles. The second-order valence-corrected chi connectivity index (χ2v) is 18.6. The van der Waals surface area contributed by atoms with Crippen LogP contribution < -0.4 is 5.32 Å². The zero-order valence-corrected chi connectivity index (χ0v) is 39.3. The van der Waals surface area contributed by atoms with Crippen molar-refractivity contribution in [3.8, 4) is 0 Å². The summed E-state index contributed by atoms with van der Waals surface area (Å²) in [6, 6.07) is -1.52. The van der Waals surface area contributed by atoms with Gasteiger partial charge in [-0.25, -0.2) is 8.78 Å². The fourth-order valence-corrected chi connectivity index (χ4v) is 8.61. The van der Waals surface area contributed by atoms with Crippen LogP contribution >= 0.6 is 0 Å². The lowest BCUT2D eigenvalue weighted by Crippen LogP contribution is -2.60. The minimum atomic E-state index is -3.51. The van der Waals surface area contributed by atoms with E-state index in [4.69, 9.17) is 9.47 Å². The van der Waals surface area contributed by atoms with Crippen LogP contribution in [0.3, 0.4) is 0 Å². The third-order valence-electron chi connectivity index (χ3n) is 12.8. The summed E-state index contributed by atoms with van der Waals surface area (Å²) in [7, 11) is 0. The smallest absolute Gasteiger partial charge is 0.275 e. The van der Waals surface area contributed by atoms with E-state index in [1.807, 2.05) is 0 Å². The summed E-state index contributed by atoms with van der Waals surface area (Å²) in [5, 5.41) is 53.6. The van der Waals surface area contributed by atoms with Crippen molar-refractivity contribution in [2.45, 2.75) is 300 Å². The van der Waals surface area contributed by atoms with E-state index in [9.17, 15) is 30.3 Å². The number of aliphatic hydroxyl groups is 5. The Balaban J connectivity index is 2.32. The summed E-state index contributed by atoms with van der Waals surface area (Å²) in [5.41, 5.74) is 0. The molecule has 7 atom stereocenters. The van der Waals surface area contributed by atoms with Gasteiger partial charge in [-0.1, -0.05) is 226 Å². The molecule has 0 aromatic carbocycles. The van der Waals surface area contributed by atoms with Gasteiger partial charge in [0.2, 0.25) is 5.91 Å². The molecule has 0 aromatic heterocycles. The number of nitrogens with one attached hydrogen (secondary N) is 1. The number of amides is 1. The third-order valence-corrected chi connectivity index (χ3v) is 12.8. The second kappa shape index (κ2) is 39.4. The molecule has 1 saturated heterocycles. The maximum absolute atomic E-state index is 15.4. The van der Waals surface area contributed by atoms with Gasteiger partial charge in [0.05, 0.1) is 19.3 Å². The van der Waals surface area contributed by atoms with E-state index in [0.717, 1.165) is 44.9 Å². The molecule has 1 aliphatic heterocycles. The van der Waals surface area contributed by atoms with Gasteiger partial charge < -0.3 is 40.3 Å². The molecular weight excluding hydrogens is 781 g/mol. The molecule has 6 N–H and O–H groups in total. The van der Waals surface area contributed by atoms with E-state index in [-0.39, 0.29) is 12.8 Å². The van der Waals surface area contributed by atoms with Gasteiger partial charge in [-0.2, -0.15) is 0 Å². The van der Waals surface area contributed by atoms with Crippen molar-refractivity contribution in [3.05, 3.63) is 0 Å². The molecule has 0 radical (unpaired) electrons. The normalized spacial score (nSPS) is 20.6. The summed E-state index contributed by atoms with van der Waals surface area (Å²) in [6.45, 7) is 3.17. The van der Waals surface area contributed by atoms with Crippen LogP contribution in [0.15, 0.2) is 0 Å². The Morgan fingerprint density at radius 1 is 0.557 bits per heavy atom. The number of hydrogen-bond acceptors (Lipinski definition) is 8. The minimum Gasteiger partial charge on any atom is -0.394 e. The van der Waals surface area contributed by atoms with Gasteiger partial charge in [0.1, 0.15) is 30.5 Å². The molecule has 1 rings (SSSR count). The second-order valence-electron chi connectivity index (χ2n) is 18.6. The predicted molar refractivity (Wildman–Crippen MR) is 245 cm³/mol. The number of halogens is 2. The maximum atomic E-state index is 15.4. The highest BCUT2D eigenvalue weighted by molar-refractivity contribution is 5.76. The molecule has 61 heavy (non-hydrogen) atoms. The zero-order chi connectivity index (χ0) is 44.8. The first-order valence-corrected chi connectivity index (χ1v) is 25.9. The summed E-state index contributed by atoms with van der Waals surface area (Å²) in [6.07, 6.45) is 31.2. The first-order valence-electron chi connectivity index (χ1n) is 25.9. The number of carbonyl (C=O) groups excluding carboxylic acids is 1. The Labute approximate surface area is 372 Å². The van der Waals surface area contributed by atoms with Crippen LogP contribution in [-0.4, -0.2) is 93.4 Å². The van der Waals surface area contributed by atoms with Crippen molar-refractivity contribution in [3.63, 3.8) is 0 Å². The molecule has 9 nitrogen and oxygen atoms in total. The Hall–Kier alpha value is -0.950. The van der Waals surface area contributed by atoms with Crippen LogP contribution in [0.25, 0.3) is 0 Å². The molecule has 0 bridgehead atoms. The number of aliphatic hydroxyl groups excluding tert-OH is 5. The van der Waals surface area contributed by atoms with E-state index in [0.29, 0.717) is 12.8 Å². The lowest BCUT2D eigenvalue weighted by atomic mass is 9.97. The standard InChI is InChI=1S/C50H97F2NO8/c1-3-5-7-9-11-13-15-17-18-19-20-21-22-23-24-25-26-27-28-30-32-34-36-38-44(55)53-42(41-60-49-47(58)46(57)45(56)43(40-54)61-49)48(59)50(51,52)39-37-35-33-31-29-16-14-12-10-8-6-4-2/h42-43,45-49,54,56-59H,3-41H2,1-2H3,(H,53,55)/t42-,43+,45-,46-,47+,48-,49-/m0/s1. The van der Waals surface area contributed by atoms with Gasteiger partial charge in [-0.15, -0.1) is 0 Å². The largest absolute Gasteiger partial charge is 0.394 e. The van der Waals surface area contributed by atoms with Crippen molar-refractivity contribution in [1.29, 1.82) is 0 Å². The summed E-state index contributed by atoms with van der Waals surface area (Å²) < 4.78 is 41.7. The van der Waals surface area contributed by atoms with Gasteiger partial charge in [0.15, 0.2) is 6.29 Å². The van der Waals surface area contributed by atoms with Crippen LogP contribution in [0.1, 0.15) is 251 Å². The predicted octanol–water partition coefficient (Wildman–Crippen LogP) is 11.8. The molecule has 1 amide bonds. The van der Waals surface area contributed by atoms with E-state index in [2.05, 4.69) is 19.2 Å². The first-order chi connectivity index (χ1) is 29.6. The summed E-state index contributed by atoms with van der Waals surface area (Å²) >= 11 is 0. The number of hydrogen-bond donors (Lipinski definition) is 6. The third kappa shape index (κ3) is 30.0. The highest BCUT2D eigenvalue weighted by atomic mass is 19.3. The zero-order valence-electron chi connectivity index (χ0n) is 39.3. The number of carbonyl (C=O) groups is 1. The van der Waals surface area contributed by atoms with Crippen molar-refractivity contribution >= 4 is 5.91 Å². The van der Waals surface area contributed by atoms with Crippen molar-refractivity contribution in [1.82, 2.24) is 5.32 Å². The van der Waals surface area contributed by atoms with Crippen molar-refractivity contribution < 1.29 is 48.6 Å². The van der Waals surface area contributed by atoms with Crippen LogP contribution in [0.4, 0.5) is 8.78 Å². The Kier molecular flexibility index (Phi) is 37.5. The molecule has 1 fully saturated rings. The molecule has 364 valence electrons. The van der Waals surface area contributed by atoms with Gasteiger partial charge in [-0.3, -0.25) is 4.79 Å². The van der Waals surface area contributed by atoms with E-state index in [1.165, 1.54) is 161 Å². The molecule has 1 aliphatic rings. The Morgan fingerprint density at radius 2 is 0.902 bits per heavy atom. The van der Waals surface area contributed by atoms with Crippen LogP contribution in [0.2, 0.25) is 0 Å². The highest BCUT2D eigenvalue weighted by Crippen LogP contribution is 2.30. The summed E-state index contributed by atoms with van der Waals surface area (Å²) in [4.78, 5) is 13.0. The molecule has 0 unspecified atom stereocenters. The SMILES string of the molecule is CCCCCCCCCCCCCCCCCCCCCCCCCC(=O)N[C@@H](CO[C@H]1O[C@H](CO)[C@H](O)[C@H](O)[C@H]1O)[C@H](O)C(F)(F)CCCCCCCCCCCCCC. The lowest BCUT2D eigenvalue weighted by molar-refractivity contribution is -0.303. The number of ether oxygens (including phenoxy) is 2. The molecular formula is C50H97F2NO8. The molecule has 0 spiro atoms. The average molecular weight is 878 g/mol. The first kappa shape index (κ1) is 58.1. The van der Waals surface area contributed by atoms with E-state index < -0.39 is 74.3 Å². The van der Waals surface area contributed by atoms with E-state index >= 15 is 8.78 Å². The highest BCUT2D eigenvalue weighted by Gasteiger charge is 2.46. The van der Waals surface area contributed by atoms with Gasteiger partial charge in [0.25, 0.3) is 5.92 Å². The Bertz CT molecular complexity index is 978. The molecule has 0 aromatic rings. The molecule has 0 saturated carbocycles. The lowest BCUT2D eigenvalue weighted by Gasteiger charge is -2.40.